The summed E-state index contributed by atoms with van der Waals surface area (Å²) in [4.78, 5) is 20.3. The molecule has 0 aromatic carbocycles. The molecule has 0 unspecified atom stereocenters. The smallest absolute Gasteiger partial charge is 0.303 e. The molecule has 8 nitrogen and oxygen atoms in total. The van der Waals surface area contributed by atoms with Crippen molar-refractivity contribution in [2.75, 3.05) is 0 Å². The normalized spacial score (nSPS) is 14.2. The van der Waals surface area contributed by atoms with Crippen LogP contribution in [0.15, 0.2) is 0 Å². The number of hydrogen-bond donors (Lipinski definition) is 4. The SMILES string of the molecule is O=C(O)CC[C@@H](O)OSO[C@H](O)CCC(=O)O. The standard InChI is InChI=1S/C8H14O8S/c9-5(10)1-3-7(13)15-17-16-8(14)4-2-6(11)12/h7-8,13-14H,1-4H2,(H,9,10)(H,11,12)/t7-,8-/m0/s1. The van der Waals surface area contributed by atoms with Crippen LogP contribution in [0.25, 0.3) is 0 Å². The molecule has 0 aromatic heterocycles. The van der Waals surface area contributed by atoms with Crippen LogP contribution in [-0.2, 0) is 18.0 Å². The van der Waals surface area contributed by atoms with Crippen molar-refractivity contribution < 1.29 is 38.4 Å². The summed E-state index contributed by atoms with van der Waals surface area (Å²) in [5.41, 5.74) is 0. The molecule has 0 fully saturated rings. The third-order valence-electron chi connectivity index (χ3n) is 1.51. The highest BCUT2D eigenvalue weighted by Crippen LogP contribution is 2.15. The van der Waals surface area contributed by atoms with Crippen molar-refractivity contribution in [2.45, 2.75) is 38.3 Å². The Bertz CT molecular complexity index is 222. The van der Waals surface area contributed by atoms with E-state index in [-0.39, 0.29) is 38.0 Å². The molecule has 0 amide bonds. The molecule has 2 atom stereocenters. The topological polar surface area (TPSA) is 134 Å². The summed E-state index contributed by atoms with van der Waals surface area (Å²) in [6.45, 7) is 0. The third kappa shape index (κ3) is 11.4. The van der Waals surface area contributed by atoms with Gasteiger partial charge in [-0.2, -0.15) is 0 Å². The molecular formula is C8H14O8S. The Morgan fingerprint density at radius 1 is 0.941 bits per heavy atom. The fraction of sp³-hybridized carbons (Fsp3) is 0.750. The molecule has 0 aliphatic heterocycles. The second kappa shape index (κ2) is 9.19. The van der Waals surface area contributed by atoms with Gasteiger partial charge in [-0.3, -0.25) is 18.0 Å². The predicted molar refractivity (Wildman–Crippen MR) is 55.5 cm³/mol. The van der Waals surface area contributed by atoms with Crippen LogP contribution in [0.1, 0.15) is 25.7 Å². The first-order chi connectivity index (χ1) is 7.91. The van der Waals surface area contributed by atoms with Crippen LogP contribution >= 0.6 is 12.3 Å². The highest BCUT2D eigenvalue weighted by molar-refractivity contribution is 7.89. The molecule has 9 heteroatoms. The minimum atomic E-state index is -1.33. The van der Waals surface area contributed by atoms with E-state index in [1.807, 2.05) is 0 Å². The average molecular weight is 270 g/mol. The minimum Gasteiger partial charge on any atom is -0.481 e. The van der Waals surface area contributed by atoms with Crippen LogP contribution in [0.5, 0.6) is 0 Å². The zero-order valence-electron chi connectivity index (χ0n) is 8.81. The third-order valence-corrected chi connectivity index (χ3v) is 2.11. The molecule has 17 heavy (non-hydrogen) atoms. The van der Waals surface area contributed by atoms with Gasteiger partial charge in [-0.05, 0) is 0 Å². The number of hydrogen-bond acceptors (Lipinski definition) is 7. The molecule has 0 rings (SSSR count). The Morgan fingerprint density at radius 3 is 1.59 bits per heavy atom. The molecule has 0 aliphatic rings. The molecule has 0 heterocycles. The summed E-state index contributed by atoms with van der Waals surface area (Å²) in [6, 6.07) is 0. The number of carbonyl (C=O) groups is 2. The zero-order valence-corrected chi connectivity index (χ0v) is 9.63. The summed E-state index contributed by atoms with van der Waals surface area (Å²) < 4.78 is 9.10. The lowest BCUT2D eigenvalue weighted by Crippen LogP contribution is -2.14. The Balaban J connectivity index is 3.48. The zero-order chi connectivity index (χ0) is 13.3. The average Bonchev–Trinajstić information content (AvgIpc) is 2.23. The van der Waals surface area contributed by atoms with Crippen LogP contribution in [0.3, 0.4) is 0 Å². The van der Waals surface area contributed by atoms with E-state index in [1.165, 1.54) is 0 Å². The van der Waals surface area contributed by atoms with Gasteiger partial charge in [-0.15, -0.1) is 0 Å². The lowest BCUT2D eigenvalue weighted by atomic mass is 10.3. The van der Waals surface area contributed by atoms with Crippen molar-refractivity contribution in [3.63, 3.8) is 0 Å². The van der Waals surface area contributed by atoms with Crippen LogP contribution in [0, 0.1) is 0 Å². The van der Waals surface area contributed by atoms with Crippen molar-refractivity contribution in [3.05, 3.63) is 0 Å². The van der Waals surface area contributed by atoms with Gasteiger partial charge < -0.3 is 20.4 Å². The fourth-order valence-electron chi connectivity index (χ4n) is 0.703. The van der Waals surface area contributed by atoms with E-state index < -0.39 is 24.5 Å². The molecular weight excluding hydrogens is 256 g/mol. The lowest BCUT2D eigenvalue weighted by molar-refractivity contribution is -0.139. The van der Waals surface area contributed by atoms with Crippen molar-refractivity contribution in [2.24, 2.45) is 0 Å². The Labute approximate surface area is 102 Å². The monoisotopic (exact) mass is 270 g/mol. The summed E-state index contributed by atoms with van der Waals surface area (Å²) in [5, 5.41) is 34.7. The highest BCUT2D eigenvalue weighted by atomic mass is 32.2. The van der Waals surface area contributed by atoms with Gasteiger partial charge in [0, 0.05) is 12.8 Å². The van der Waals surface area contributed by atoms with Crippen LogP contribution in [-0.4, -0.2) is 44.9 Å². The number of aliphatic hydroxyl groups excluding tert-OH is 2. The molecule has 4 N–H and O–H groups in total. The van der Waals surface area contributed by atoms with E-state index in [9.17, 15) is 9.59 Å². The molecule has 0 saturated heterocycles. The maximum Gasteiger partial charge on any atom is 0.303 e. The number of carboxylic acids is 2. The largest absolute Gasteiger partial charge is 0.481 e. The Kier molecular flexibility index (Phi) is 8.72. The second-order valence-electron chi connectivity index (χ2n) is 3.03. The van der Waals surface area contributed by atoms with Gasteiger partial charge in [0.05, 0.1) is 12.8 Å². The molecule has 0 aromatic rings. The minimum absolute atomic E-state index is 0.114. The highest BCUT2D eigenvalue weighted by Gasteiger charge is 2.12. The van der Waals surface area contributed by atoms with Crippen molar-refractivity contribution in [1.29, 1.82) is 0 Å². The number of aliphatic hydroxyl groups is 2. The van der Waals surface area contributed by atoms with Crippen LogP contribution < -0.4 is 0 Å². The van der Waals surface area contributed by atoms with E-state index in [4.69, 9.17) is 20.4 Å². The van der Waals surface area contributed by atoms with Crippen molar-refractivity contribution >= 4 is 24.3 Å². The summed E-state index contributed by atoms with van der Waals surface area (Å²) in [5.74, 6) is -2.14. The van der Waals surface area contributed by atoms with Crippen LogP contribution in [0.4, 0.5) is 0 Å². The van der Waals surface area contributed by atoms with Crippen molar-refractivity contribution in [3.8, 4) is 0 Å². The first kappa shape index (κ1) is 16.1. The molecule has 0 aliphatic carbocycles. The quantitative estimate of drug-likeness (QED) is 0.318. The maximum atomic E-state index is 10.1. The van der Waals surface area contributed by atoms with Gasteiger partial charge in [0.2, 0.25) is 0 Å². The van der Waals surface area contributed by atoms with Crippen LogP contribution in [0.2, 0.25) is 0 Å². The number of carboxylic acid groups (broad SMARTS) is 2. The first-order valence-electron chi connectivity index (χ1n) is 4.70. The number of rotatable bonds is 10. The van der Waals surface area contributed by atoms with Gasteiger partial charge in [0.15, 0.2) is 24.9 Å². The van der Waals surface area contributed by atoms with E-state index in [0.717, 1.165) is 0 Å². The van der Waals surface area contributed by atoms with Gasteiger partial charge >= 0.3 is 11.9 Å². The molecule has 0 radical (unpaired) electrons. The Morgan fingerprint density at radius 2 is 1.29 bits per heavy atom. The van der Waals surface area contributed by atoms with E-state index >= 15 is 0 Å². The van der Waals surface area contributed by atoms with E-state index in [2.05, 4.69) is 8.37 Å². The molecule has 0 bridgehead atoms. The van der Waals surface area contributed by atoms with Crippen molar-refractivity contribution in [1.82, 2.24) is 0 Å². The van der Waals surface area contributed by atoms with Gasteiger partial charge in [0.25, 0.3) is 0 Å². The summed E-state index contributed by atoms with van der Waals surface area (Å²) in [6.07, 6.45) is -3.41. The lowest BCUT2D eigenvalue weighted by Gasteiger charge is -2.11. The van der Waals surface area contributed by atoms with Gasteiger partial charge in [-0.1, -0.05) is 0 Å². The molecule has 0 spiro atoms. The first-order valence-corrected chi connectivity index (χ1v) is 5.37. The Hall–Kier alpha value is -0.870. The van der Waals surface area contributed by atoms with Gasteiger partial charge in [0.1, 0.15) is 0 Å². The summed E-state index contributed by atoms with van der Waals surface area (Å²) >= 11 is 0.287. The van der Waals surface area contributed by atoms with E-state index in [0.29, 0.717) is 0 Å². The molecule has 0 saturated carbocycles. The number of aliphatic carboxylic acids is 2. The summed E-state index contributed by atoms with van der Waals surface area (Å²) in [7, 11) is 0. The predicted octanol–water partition coefficient (Wildman–Crippen LogP) is -0.0508. The molecule has 100 valence electrons. The second-order valence-corrected chi connectivity index (χ2v) is 3.56. The van der Waals surface area contributed by atoms with E-state index in [1.54, 1.807) is 0 Å². The maximum absolute atomic E-state index is 10.1. The van der Waals surface area contributed by atoms with Gasteiger partial charge in [-0.25, -0.2) is 0 Å². The fourth-order valence-corrected chi connectivity index (χ4v) is 1.12.